The number of ether oxygens (including phenoxy) is 2. The number of Topliss-reactive ketones (excluding diaryl/α,β-unsaturated/α-hetero) is 1. The summed E-state index contributed by atoms with van der Waals surface area (Å²) in [5, 5.41) is 11.5. The van der Waals surface area contributed by atoms with Gasteiger partial charge in [0.2, 0.25) is 0 Å². The van der Waals surface area contributed by atoms with E-state index in [0.29, 0.717) is 41.7 Å². The highest BCUT2D eigenvalue weighted by Gasteiger charge is 2.48. The van der Waals surface area contributed by atoms with Crippen molar-refractivity contribution < 1.29 is 24.2 Å². The van der Waals surface area contributed by atoms with E-state index >= 15 is 0 Å². The Bertz CT molecular complexity index is 1300. The molecule has 1 unspecified atom stereocenters. The van der Waals surface area contributed by atoms with E-state index in [1.807, 2.05) is 39.8 Å². The van der Waals surface area contributed by atoms with Crippen molar-refractivity contribution in [2.24, 2.45) is 0 Å². The molecule has 1 aliphatic heterocycles. The summed E-state index contributed by atoms with van der Waals surface area (Å²) in [5.41, 5.74) is 3.17. The Kier molecular flexibility index (Phi) is 6.87. The summed E-state index contributed by atoms with van der Waals surface area (Å²) in [4.78, 5) is 32.7. The van der Waals surface area contributed by atoms with Crippen LogP contribution in [0.2, 0.25) is 0 Å². The fourth-order valence-electron chi connectivity index (χ4n) is 4.27. The number of carbonyl (C=O) groups excluding carboxylic acids is 2. The molecule has 180 valence electrons. The van der Waals surface area contributed by atoms with E-state index < -0.39 is 17.7 Å². The normalized spacial score (nSPS) is 17.0. The lowest BCUT2D eigenvalue weighted by Crippen LogP contribution is -2.30. The summed E-state index contributed by atoms with van der Waals surface area (Å²) in [6.07, 6.45) is 1.60. The predicted octanol–water partition coefficient (Wildman–Crippen LogP) is 5.12. The number of amides is 1. The van der Waals surface area contributed by atoms with Gasteiger partial charge in [-0.2, -0.15) is 0 Å². The van der Waals surface area contributed by atoms with Crippen LogP contribution in [-0.4, -0.2) is 35.0 Å². The van der Waals surface area contributed by atoms with Gasteiger partial charge in [-0.3, -0.25) is 19.5 Å². The van der Waals surface area contributed by atoms with Gasteiger partial charge in [-0.15, -0.1) is 0 Å². The van der Waals surface area contributed by atoms with Crippen LogP contribution >= 0.6 is 0 Å². The highest BCUT2D eigenvalue weighted by molar-refractivity contribution is 6.51. The molecule has 1 aliphatic rings. The van der Waals surface area contributed by atoms with Crippen LogP contribution in [0, 0.1) is 13.8 Å². The van der Waals surface area contributed by atoms with Crippen LogP contribution in [0.3, 0.4) is 0 Å². The zero-order valence-electron chi connectivity index (χ0n) is 20.2. The molecule has 2 heterocycles. The summed E-state index contributed by atoms with van der Waals surface area (Å²) in [5.74, 6) is -0.897. The first-order valence-electron chi connectivity index (χ1n) is 11.6. The van der Waals surface area contributed by atoms with Gasteiger partial charge in [0.1, 0.15) is 23.3 Å². The van der Waals surface area contributed by atoms with E-state index in [1.54, 1.807) is 48.7 Å². The smallest absolute Gasteiger partial charge is 0.300 e. The number of aliphatic hydroxyl groups excluding tert-OH is 1. The van der Waals surface area contributed by atoms with Gasteiger partial charge in [0.25, 0.3) is 11.7 Å². The van der Waals surface area contributed by atoms with Crippen LogP contribution in [0.4, 0.5) is 5.69 Å². The van der Waals surface area contributed by atoms with Gasteiger partial charge in [0.15, 0.2) is 0 Å². The second kappa shape index (κ2) is 10.0. The van der Waals surface area contributed by atoms with Crippen LogP contribution in [0.25, 0.3) is 5.76 Å². The summed E-state index contributed by atoms with van der Waals surface area (Å²) < 4.78 is 11.3. The van der Waals surface area contributed by atoms with E-state index in [0.717, 1.165) is 11.1 Å². The SMILES string of the molecule is CCOc1ccc(/C(O)=C2\C(=O)C(=O)N(c3cccc(C)c3C)C2c2ccccn2)c(OCC)c1. The number of hydrogen-bond acceptors (Lipinski definition) is 6. The zero-order valence-corrected chi connectivity index (χ0v) is 20.2. The molecular weight excluding hydrogens is 444 g/mol. The van der Waals surface area contributed by atoms with E-state index in [2.05, 4.69) is 4.98 Å². The molecular formula is C28H28N2O5. The van der Waals surface area contributed by atoms with Gasteiger partial charge >= 0.3 is 0 Å². The summed E-state index contributed by atoms with van der Waals surface area (Å²) >= 11 is 0. The summed E-state index contributed by atoms with van der Waals surface area (Å²) in [6.45, 7) is 8.35. The largest absolute Gasteiger partial charge is 0.507 e. The lowest BCUT2D eigenvalue weighted by Gasteiger charge is -2.26. The van der Waals surface area contributed by atoms with Crippen LogP contribution in [-0.2, 0) is 9.59 Å². The lowest BCUT2D eigenvalue weighted by atomic mass is 9.97. The molecule has 35 heavy (non-hydrogen) atoms. The van der Waals surface area contributed by atoms with Gasteiger partial charge in [0.05, 0.1) is 30.0 Å². The minimum absolute atomic E-state index is 0.0419. The molecule has 0 saturated carbocycles. The van der Waals surface area contributed by atoms with Crippen molar-refractivity contribution in [2.75, 3.05) is 18.1 Å². The molecule has 3 aromatic rings. The first-order chi connectivity index (χ1) is 16.9. The zero-order chi connectivity index (χ0) is 25.1. The number of aromatic nitrogens is 1. The maximum absolute atomic E-state index is 13.4. The summed E-state index contributed by atoms with van der Waals surface area (Å²) in [7, 11) is 0. The van der Waals surface area contributed by atoms with Crippen molar-refractivity contribution in [1.82, 2.24) is 4.98 Å². The monoisotopic (exact) mass is 472 g/mol. The fraction of sp³-hybridized carbons (Fsp3) is 0.250. The fourth-order valence-corrected chi connectivity index (χ4v) is 4.27. The van der Waals surface area contributed by atoms with Crippen molar-refractivity contribution >= 4 is 23.1 Å². The summed E-state index contributed by atoms with van der Waals surface area (Å²) in [6, 6.07) is 14.9. The Morgan fingerprint density at radius 1 is 1.00 bits per heavy atom. The topological polar surface area (TPSA) is 89.0 Å². The van der Waals surface area contributed by atoms with Crippen molar-refractivity contribution in [3.05, 3.63) is 88.8 Å². The number of rotatable bonds is 7. The number of ketones is 1. The van der Waals surface area contributed by atoms with Crippen LogP contribution in [0.15, 0.2) is 66.4 Å². The Hall–Kier alpha value is -4.13. The molecule has 7 heteroatoms. The lowest BCUT2D eigenvalue weighted by molar-refractivity contribution is -0.132. The number of aliphatic hydroxyl groups is 1. The molecule has 4 rings (SSSR count). The second-order valence-corrected chi connectivity index (χ2v) is 8.17. The molecule has 1 amide bonds. The van der Waals surface area contributed by atoms with E-state index in [1.165, 1.54) is 4.90 Å². The van der Waals surface area contributed by atoms with Gasteiger partial charge in [-0.05, 0) is 69.2 Å². The Labute approximate surface area is 204 Å². The Morgan fingerprint density at radius 3 is 2.46 bits per heavy atom. The number of nitrogens with zero attached hydrogens (tertiary/aromatic N) is 2. The standard InChI is InChI=1S/C28H28N2O5/c1-5-34-19-13-14-20(23(16-19)35-6-2)26(31)24-25(21-11-7-8-15-29-21)30(28(33)27(24)32)22-12-9-10-17(3)18(22)4/h7-16,25,31H,5-6H2,1-4H3/b26-24+. The number of benzene rings is 2. The predicted molar refractivity (Wildman–Crippen MR) is 134 cm³/mol. The van der Waals surface area contributed by atoms with Gasteiger partial charge in [0, 0.05) is 18.0 Å². The molecule has 0 bridgehead atoms. The average molecular weight is 473 g/mol. The molecule has 1 fully saturated rings. The third kappa shape index (κ3) is 4.37. The van der Waals surface area contributed by atoms with Crippen LogP contribution in [0.5, 0.6) is 11.5 Å². The first-order valence-corrected chi connectivity index (χ1v) is 11.6. The molecule has 7 nitrogen and oxygen atoms in total. The van der Waals surface area contributed by atoms with E-state index in [9.17, 15) is 14.7 Å². The minimum Gasteiger partial charge on any atom is -0.507 e. The van der Waals surface area contributed by atoms with Crippen LogP contribution in [0.1, 0.15) is 42.3 Å². The molecule has 1 atom stereocenters. The number of hydrogen-bond donors (Lipinski definition) is 1. The van der Waals surface area contributed by atoms with Gasteiger partial charge in [-0.1, -0.05) is 18.2 Å². The van der Waals surface area contributed by atoms with Crippen molar-refractivity contribution in [3.63, 3.8) is 0 Å². The third-order valence-electron chi connectivity index (χ3n) is 6.07. The van der Waals surface area contributed by atoms with Gasteiger partial charge < -0.3 is 14.6 Å². The second-order valence-electron chi connectivity index (χ2n) is 8.17. The highest BCUT2D eigenvalue weighted by Crippen LogP contribution is 2.44. The van der Waals surface area contributed by atoms with Gasteiger partial charge in [-0.25, -0.2) is 0 Å². The van der Waals surface area contributed by atoms with E-state index in [-0.39, 0.29) is 11.3 Å². The average Bonchev–Trinajstić information content (AvgIpc) is 3.12. The molecule has 0 aliphatic carbocycles. The molecule has 1 saturated heterocycles. The molecule has 0 radical (unpaired) electrons. The third-order valence-corrected chi connectivity index (χ3v) is 6.07. The van der Waals surface area contributed by atoms with Crippen LogP contribution < -0.4 is 14.4 Å². The Morgan fingerprint density at radius 2 is 1.77 bits per heavy atom. The quantitative estimate of drug-likeness (QED) is 0.292. The minimum atomic E-state index is -0.905. The molecule has 2 aromatic carbocycles. The van der Waals surface area contributed by atoms with Crippen molar-refractivity contribution in [1.29, 1.82) is 0 Å². The molecule has 1 N–H and O–H groups in total. The number of pyridine rings is 1. The van der Waals surface area contributed by atoms with Crippen molar-refractivity contribution in [3.8, 4) is 11.5 Å². The highest BCUT2D eigenvalue weighted by atomic mass is 16.5. The Balaban J connectivity index is 1.96. The number of carbonyl (C=O) groups is 2. The maximum Gasteiger partial charge on any atom is 0.300 e. The molecule has 1 aromatic heterocycles. The number of anilines is 1. The first kappa shape index (κ1) is 24.0. The molecule has 0 spiro atoms. The van der Waals surface area contributed by atoms with E-state index in [4.69, 9.17) is 9.47 Å². The maximum atomic E-state index is 13.4. The van der Waals surface area contributed by atoms with Crippen molar-refractivity contribution in [2.45, 2.75) is 33.7 Å². The number of aryl methyl sites for hydroxylation is 1.